The molecule has 1 aromatic rings. The van der Waals surface area contributed by atoms with Crippen LogP contribution in [0.1, 0.15) is 36.9 Å². The second kappa shape index (κ2) is 7.43. The molecule has 116 valence electrons. The monoisotopic (exact) mass is 330 g/mol. The molecule has 0 amide bonds. The van der Waals surface area contributed by atoms with E-state index in [4.69, 9.17) is 27.9 Å². The SMILES string of the molecule is COC(=O)CC1CCCCN1Cc1c(Cl)cc(C)nc1Cl. The number of halogens is 2. The van der Waals surface area contributed by atoms with Gasteiger partial charge in [-0.25, -0.2) is 4.98 Å². The lowest BCUT2D eigenvalue weighted by Gasteiger charge is -2.35. The molecule has 0 N–H and O–H groups in total. The fourth-order valence-electron chi connectivity index (χ4n) is 2.74. The maximum absolute atomic E-state index is 11.5. The van der Waals surface area contributed by atoms with Gasteiger partial charge in [0.2, 0.25) is 0 Å². The predicted molar refractivity (Wildman–Crippen MR) is 83.7 cm³/mol. The highest BCUT2D eigenvalue weighted by atomic mass is 35.5. The van der Waals surface area contributed by atoms with E-state index in [2.05, 4.69) is 9.88 Å². The molecule has 1 saturated heterocycles. The van der Waals surface area contributed by atoms with Crippen molar-refractivity contribution in [1.29, 1.82) is 0 Å². The lowest BCUT2D eigenvalue weighted by Crippen LogP contribution is -2.40. The molecule has 0 saturated carbocycles. The molecule has 4 nitrogen and oxygen atoms in total. The molecule has 21 heavy (non-hydrogen) atoms. The number of piperidine rings is 1. The molecule has 2 heterocycles. The van der Waals surface area contributed by atoms with Gasteiger partial charge in [-0.3, -0.25) is 9.69 Å². The van der Waals surface area contributed by atoms with E-state index in [9.17, 15) is 4.79 Å². The van der Waals surface area contributed by atoms with Crippen molar-refractivity contribution in [2.24, 2.45) is 0 Å². The number of carbonyl (C=O) groups is 1. The quantitative estimate of drug-likeness (QED) is 0.624. The number of hydrogen-bond acceptors (Lipinski definition) is 4. The Balaban J connectivity index is 2.14. The van der Waals surface area contributed by atoms with Gasteiger partial charge in [-0.05, 0) is 32.4 Å². The van der Waals surface area contributed by atoms with Crippen LogP contribution >= 0.6 is 23.2 Å². The molecule has 0 aliphatic carbocycles. The number of esters is 1. The Morgan fingerprint density at radius 3 is 2.90 bits per heavy atom. The molecule has 0 radical (unpaired) electrons. The number of carbonyl (C=O) groups excluding carboxylic acids is 1. The number of rotatable bonds is 4. The lowest BCUT2D eigenvalue weighted by molar-refractivity contribution is -0.142. The number of hydrogen-bond donors (Lipinski definition) is 0. The zero-order valence-corrected chi connectivity index (χ0v) is 13.9. The molecule has 0 spiro atoms. The molecule has 0 aromatic carbocycles. The summed E-state index contributed by atoms with van der Waals surface area (Å²) in [5.41, 5.74) is 1.64. The highest BCUT2D eigenvalue weighted by Crippen LogP contribution is 2.29. The van der Waals surface area contributed by atoms with E-state index in [0.29, 0.717) is 23.1 Å². The van der Waals surface area contributed by atoms with Gasteiger partial charge in [0.15, 0.2) is 0 Å². The van der Waals surface area contributed by atoms with Crippen molar-refractivity contribution in [1.82, 2.24) is 9.88 Å². The minimum absolute atomic E-state index is 0.175. The summed E-state index contributed by atoms with van der Waals surface area (Å²) in [6, 6.07) is 2.00. The van der Waals surface area contributed by atoms with Gasteiger partial charge in [0.1, 0.15) is 5.15 Å². The minimum atomic E-state index is -0.175. The van der Waals surface area contributed by atoms with Crippen molar-refractivity contribution in [3.63, 3.8) is 0 Å². The molecule has 1 aromatic heterocycles. The Labute approximate surface area is 135 Å². The standard InChI is InChI=1S/C15H20Cl2N2O2/c1-10-7-13(16)12(15(17)18-10)9-19-6-4-3-5-11(19)8-14(20)21-2/h7,11H,3-6,8-9H2,1-2H3. The van der Waals surface area contributed by atoms with Crippen molar-refractivity contribution >= 4 is 29.2 Å². The second-order valence-corrected chi connectivity index (χ2v) is 6.18. The van der Waals surface area contributed by atoms with Gasteiger partial charge in [-0.2, -0.15) is 0 Å². The first-order valence-electron chi connectivity index (χ1n) is 7.13. The molecule has 1 aliphatic heterocycles. The van der Waals surface area contributed by atoms with Crippen LogP contribution in [0.25, 0.3) is 0 Å². The summed E-state index contributed by atoms with van der Waals surface area (Å²) in [5, 5.41) is 1.08. The molecule has 1 fully saturated rings. The Bertz CT molecular complexity index is 499. The first-order chi connectivity index (χ1) is 10.0. The fraction of sp³-hybridized carbons (Fsp3) is 0.600. The molecule has 6 heteroatoms. The summed E-state index contributed by atoms with van der Waals surface area (Å²) in [5.74, 6) is -0.175. The van der Waals surface area contributed by atoms with Gasteiger partial charge in [-0.1, -0.05) is 29.6 Å². The van der Waals surface area contributed by atoms with E-state index in [-0.39, 0.29) is 12.0 Å². The zero-order chi connectivity index (χ0) is 15.4. The summed E-state index contributed by atoms with van der Waals surface area (Å²) in [7, 11) is 1.42. The fourth-order valence-corrected chi connectivity index (χ4v) is 3.39. The van der Waals surface area contributed by atoms with Crippen LogP contribution in [0, 0.1) is 6.92 Å². The molecule has 0 bridgehead atoms. The largest absolute Gasteiger partial charge is 0.469 e. The van der Waals surface area contributed by atoms with Gasteiger partial charge in [0, 0.05) is 28.9 Å². The van der Waals surface area contributed by atoms with Gasteiger partial charge in [0.05, 0.1) is 13.5 Å². The van der Waals surface area contributed by atoms with Crippen molar-refractivity contribution < 1.29 is 9.53 Å². The number of aromatic nitrogens is 1. The van der Waals surface area contributed by atoms with Crippen molar-refractivity contribution in [2.45, 2.75) is 45.2 Å². The Kier molecular flexibility index (Phi) is 5.85. The Morgan fingerprint density at radius 2 is 2.24 bits per heavy atom. The number of methoxy groups -OCH3 is 1. The average Bonchev–Trinajstić information content (AvgIpc) is 2.44. The number of ether oxygens (including phenoxy) is 1. The number of pyridine rings is 1. The highest BCUT2D eigenvalue weighted by molar-refractivity contribution is 6.35. The van der Waals surface area contributed by atoms with Gasteiger partial charge in [-0.15, -0.1) is 0 Å². The van der Waals surface area contributed by atoms with Crippen molar-refractivity contribution in [2.75, 3.05) is 13.7 Å². The highest BCUT2D eigenvalue weighted by Gasteiger charge is 2.26. The third kappa shape index (κ3) is 4.31. The maximum Gasteiger partial charge on any atom is 0.307 e. The van der Waals surface area contributed by atoms with Gasteiger partial charge >= 0.3 is 5.97 Å². The van der Waals surface area contributed by atoms with Crippen LogP contribution in [0.15, 0.2) is 6.07 Å². The Morgan fingerprint density at radius 1 is 1.48 bits per heavy atom. The average molecular weight is 331 g/mol. The van der Waals surface area contributed by atoms with Crippen molar-refractivity contribution in [3.8, 4) is 0 Å². The molecule has 1 unspecified atom stereocenters. The van der Waals surface area contributed by atoms with Crippen LogP contribution in [0.5, 0.6) is 0 Å². The molecular formula is C15H20Cl2N2O2. The number of nitrogens with zero attached hydrogens (tertiary/aromatic N) is 2. The lowest BCUT2D eigenvalue weighted by atomic mass is 9.98. The first-order valence-corrected chi connectivity index (χ1v) is 7.89. The van der Waals surface area contributed by atoms with Crippen LogP contribution in [-0.2, 0) is 16.1 Å². The predicted octanol–water partition coefficient (Wildman–Crippen LogP) is 3.61. The van der Waals surface area contributed by atoms with E-state index < -0.39 is 0 Å². The zero-order valence-electron chi connectivity index (χ0n) is 12.4. The van der Waals surface area contributed by atoms with Gasteiger partial charge < -0.3 is 4.74 Å². The van der Waals surface area contributed by atoms with Crippen LogP contribution in [0.3, 0.4) is 0 Å². The van der Waals surface area contributed by atoms with E-state index in [1.54, 1.807) is 0 Å². The normalized spacial score (nSPS) is 19.5. The molecule has 1 aliphatic rings. The van der Waals surface area contributed by atoms with E-state index in [0.717, 1.165) is 37.1 Å². The van der Waals surface area contributed by atoms with E-state index in [1.807, 2.05) is 13.0 Å². The third-order valence-electron chi connectivity index (χ3n) is 3.89. The summed E-state index contributed by atoms with van der Waals surface area (Å²) in [4.78, 5) is 18.1. The molecule has 1 atom stereocenters. The molecular weight excluding hydrogens is 311 g/mol. The summed E-state index contributed by atoms with van der Waals surface area (Å²) in [6.45, 7) is 3.41. The third-order valence-corrected chi connectivity index (χ3v) is 4.54. The summed E-state index contributed by atoms with van der Waals surface area (Å²) < 4.78 is 4.78. The van der Waals surface area contributed by atoms with Crippen molar-refractivity contribution in [3.05, 3.63) is 27.5 Å². The molecule has 2 rings (SSSR count). The first kappa shape index (κ1) is 16.5. The topological polar surface area (TPSA) is 42.4 Å². The Hall–Kier alpha value is -0.840. The maximum atomic E-state index is 11.5. The number of aryl methyl sites for hydroxylation is 1. The van der Waals surface area contributed by atoms with Crippen LogP contribution in [0.4, 0.5) is 0 Å². The van der Waals surface area contributed by atoms with Crippen LogP contribution < -0.4 is 0 Å². The summed E-state index contributed by atoms with van der Waals surface area (Å²) >= 11 is 12.5. The van der Waals surface area contributed by atoms with Crippen LogP contribution in [0.2, 0.25) is 10.2 Å². The van der Waals surface area contributed by atoms with Gasteiger partial charge in [0.25, 0.3) is 0 Å². The number of likely N-dealkylation sites (tertiary alicyclic amines) is 1. The van der Waals surface area contributed by atoms with E-state index >= 15 is 0 Å². The second-order valence-electron chi connectivity index (χ2n) is 5.42. The minimum Gasteiger partial charge on any atom is -0.469 e. The smallest absolute Gasteiger partial charge is 0.307 e. The van der Waals surface area contributed by atoms with Crippen LogP contribution in [-0.4, -0.2) is 35.5 Å². The van der Waals surface area contributed by atoms with E-state index in [1.165, 1.54) is 7.11 Å². The summed E-state index contributed by atoms with van der Waals surface area (Å²) in [6.07, 6.45) is 3.65.